The number of sulfone groups is 1. The van der Waals surface area contributed by atoms with Gasteiger partial charge in [0.05, 0.1) is 22.6 Å². The molecule has 2 aromatic carbocycles. The summed E-state index contributed by atoms with van der Waals surface area (Å²) in [6.45, 7) is 1.24. The van der Waals surface area contributed by atoms with Gasteiger partial charge in [-0.2, -0.15) is 0 Å². The molecule has 1 saturated heterocycles. The summed E-state index contributed by atoms with van der Waals surface area (Å²) in [5.41, 5.74) is -0.438. The molecule has 0 unspecified atom stereocenters. The molecule has 1 heterocycles. The summed E-state index contributed by atoms with van der Waals surface area (Å²) >= 11 is 0. The first-order valence-corrected chi connectivity index (χ1v) is 9.76. The number of carbonyl (C=O) groups is 2. The Morgan fingerprint density at radius 3 is 2.56 bits per heavy atom. The van der Waals surface area contributed by atoms with E-state index in [-0.39, 0.29) is 11.5 Å². The quantitative estimate of drug-likeness (QED) is 0.837. The molecule has 1 fully saturated rings. The van der Waals surface area contributed by atoms with Gasteiger partial charge in [0, 0.05) is 0 Å². The summed E-state index contributed by atoms with van der Waals surface area (Å²) in [4.78, 5) is 24.1. The van der Waals surface area contributed by atoms with Gasteiger partial charge in [0.15, 0.2) is 16.4 Å². The van der Waals surface area contributed by atoms with Crippen molar-refractivity contribution in [1.82, 2.24) is 5.32 Å². The van der Waals surface area contributed by atoms with Crippen LogP contribution in [0, 0.1) is 0 Å². The van der Waals surface area contributed by atoms with Crippen molar-refractivity contribution in [2.24, 2.45) is 0 Å². The first-order valence-electron chi connectivity index (χ1n) is 7.94. The van der Waals surface area contributed by atoms with Crippen LogP contribution in [0.1, 0.15) is 23.7 Å². The van der Waals surface area contributed by atoms with Crippen molar-refractivity contribution in [3.05, 3.63) is 48.0 Å². The SMILES string of the molecule is C[C@@]1(NC(=O)COC(=O)c2ccc3ccccc3c2)CCS(=O)(=O)C1. The lowest BCUT2D eigenvalue weighted by atomic mass is 10.0. The molecule has 0 aromatic heterocycles. The van der Waals surface area contributed by atoms with Crippen LogP contribution in [0.15, 0.2) is 42.5 Å². The van der Waals surface area contributed by atoms with Gasteiger partial charge < -0.3 is 10.1 Å². The minimum absolute atomic E-state index is 0.0562. The van der Waals surface area contributed by atoms with Gasteiger partial charge in [0.2, 0.25) is 0 Å². The summed E-state index contributed by atoms with van der Waals surface area (Å²) in [7, 11) is -3.12. The molecule has 3 rings (SSSR count). The summed E-state index contributed by atoms with van der Waals surface area (Å²) in [5.74, 6) is -1.13. The van der Waals surface area contributed by atoms with Gasteiger partial charge in [-0.25, -0.2) is 13.2 Å². The Morgan fingerprint density at radius 1 is 1.16 bits per heavy atom. The number of rotatable bonds is 4. The number of amides is 1. The third kappa shape index (κ3) is 4.17. The zero-order chi connectivity index (χ0) is 18.1. The number of nitrogens with one attached hydrogen (secondary N) is 1. The van der Waals surface area contributed by atoms with Gasteiger partial charge in [-0.1, -0.05) is 30.3 Å². The van der Waals surface area contributed by atoms with Crippen LogP contribution in [-0.4, -0.2) is 43.9 Å². The van der Waals surface area contributed by atoms with Gasteiger partial charge in [-0.3, -0.25) is 4.79 Å². The summed E-state index contributed by atoms with van der Waals surface area (Å²) < 4.78 is 28.1. The van der Waals surface area contributed by atoms with Crippen LogP contribution in [-0.2, 0) is 19.4 Å². The Hall–Kier alpha value is -2.41. The number of benzene rings is 2. The van der Waals surface area contributed by atoms with Crippen molar-refractivity contribution in [1.29, 1.82) is 0 Å². The first-order chi connectivity index (χ1) is 11.8. The molecule has 0 saturated carbocycles. The van der Waals surface area contributed by atoms with Gasteiger partial charge in [0.25, 0.3) is 5.91 Å². The topological polar surface area (TPSA) is 89.5 Å². The van der Waals surface area contributed by atoms with Crippen LogP contribution < -0.4 is 5.32 Å². The number of ether oxygens (including phenoxy) is 1. The molecule has 1 N–H and O–H groups in total. The fourth-order valence-electron chi connectivity index (χ4n) is 3.01. The van der Waals surface area contributed by atoms with E-state index < -0.39 is 33.9 Å². The second-order valence-corrected chi connectivity index (χ2v) is 8.77. The normalized spacial score (nSPS) is 21.8. The molecule has 1 atom stereocenters. The molecule has 7 heteroatoms. The Morgan fingerprint density at radius 2 is 1.88 bits per heavy atom. The third-order valence-electron chi connectivity index (χ3n) is 4.26. The van der Waals surface area contributed by atoms with E-state index in [0.717, 1.165) is 10.8 Å². The zero-order valence-corrected chi connectivity index (χ0v) is 14.6. The minimum Gasteiger partial charge on any atom is -0.452 e. The summed E-state index contributed by atoms with van der Waals surface area (Å²) in [5, 5.41) is 4.57. The van der Waals surface area contributed by atoms with Crippen LogP contribution in [0.2, 0.25) is 0 Å². The van der Waals surface area contributed by atoms with Gasteiger partial charge in [0.1, 0.15) is 0 Å². The van der Waals surface area contributed by atoms with E-state index in [1.807, 2.05) is 30.3 Å². The van der Waals surface area contributed by atoms with Crippen LogP contribution in [0.5, 0.6) is 0 Å². The maximum atomic E-state index is 12.1. The minimum atomic E-state index is -3.12. The number of hydrogen-bond donors (Lipinski definition) is 1. The van der Waals surface area contributed by atoms with Crippen molar-refractivity contribution in [2.75, 3.05) is 18.1 Å². The fourth-order valence-corrected chi connectivity index (χ4v) is 5.11. The molecular formula is C18H19NO5S. The Balaban J connectivity index is 1.59. The maximum absolute atomic E-state index is 12.1. The zero-order valence-electron chi connectivity index (χ0n) is 13.8. The molecule has 6 nitrogen and oxygen atoms in total. The van der Waals surface area contributed by atoms with E-state index in [9.17, 15) is 18.0 Å². The average Bonchev–Trinajstić information content (AvgIpc) is 2.85. The summed E-state index contributed by atoms with van der Waals surface area (Å²) in [6, 6.07) is 12.8. The fraction of sp³-hybridized carbons (Fsp3) is 0.333. The molecular weight excluding hydrogens is 342 g/mol. The molecule has 1 aliphatic rings. The highest BCUT2D eigenvalue weighted by Gasteiger charge is 2.39. The van der Waals surface area contributed by atoms with Crippen molar-refractivity contribution >= 4 is 32.5 Å². The van der Waals surface area contributed by atoms with E-state index in [1.165, 1.54) is 0 Å². The second-order valence-electron chi connectivity index (χ2n) is 6.59. The second kappa shape index (κ2) is 6.48. The maximum Gasteiger partial charge on any atom is 0.338 e. The number of hydrogen-bond acceptors (Lipinski definition) is 5. The highest BCUT2D eigenvalue weighted by Crippen LogP contribution is 2.22. The standard InChI is InChI=1S/C18H19NO5S/c1-18(8-9-25(22,23)12-18)19-16(20)11-24-17(21)15-7-6-13-4-2-3-5-14(13)10-15/h2-7,10H,8-9,11-12H2,1H3,(H,19,20)/t18-/m1/s1. The van der Waals surface area contributed by atoms with Crippen molar-refractivity contribution in [3.63, 3.8) is 0 Å². The Bertz CT molecular complexity index is 937. The smallest absolute Gasteiger partial charge is 0.338 e. The average molecular weight is 361 g/mol. The van der Waals surface area contributed by atoms with E-state index in [2.05, 4.69) is 5.32 Å². The lowest BCUT2D eigenvalue weighted by molar-refractivity contribution is -0.125. The first kappa shape index (κ1) is 17.4. The highest BCUT2D eigenvalue weighted by atomic mass is 32.2. The van der Waals surface area contributed by atoms with Crippen LogP contribution >= 0.6 is 0 Å². The van der Waals surface area contributed by atoms with Gasteiger partial charge in [-0.15, -0.1) is 0 Å². The van der Waals surface area contributed by atoms with E-state index >= 15 is 0 Å². The van der Waals surface area contributed by atoms with Gasteiger partial charge in [-0.05, 0) is 36.2 Å². The van der Waals surface area contributed by atoms with Crippen LogP contribution in [0.25, 0.3) is 10.8 Å². The molecule has 132 valence electrons. The van der Waals surface area contributed by atoms with E-state index in [0.29, 0.717) is 12.0 Å². The predicted molar refractivity (Wildman–Crippen MR) is 94.0 cm³/mol. The molecule has 0 spiro atoms. The Labute approximate surface area is 146 Å². The third-order valence-corrected chi connectivity index (χ3v) is 6.17. The molecule has 2 aromatic rings. The van der Waals surface area contributed by atoms with Crippen LogP contribution in [0.4, 0.5) is 0 Å². The largest absolute Gasteiger partial charge is 0.452 e. The molecule has 0 aliphatic carbocycles. The summed E-state index contributed by atoms with van der Waals surface area (Å²) in [6.07, 6.45) is 0.361. The molecule has 1 aliphatic heterocycles. The van der Waals surface area contributed by atoms with Crippen LogP contribution in [0.3, 0.4) is 0 Å². The van der Waals surface area contributed by atoms with E-state index in [4.69, 9.17) is 4.74 Å². The van der Waals surface area contributed by atoms with Gasteiger partial charge >= 0.3 is 5.97 Å². The molecule has 0 bridgehead atoms. The molecule has 25 heavy (non-hydrogen) atoms. The van der Waals surface area contributed by atoms with E-state index in [1.54, 1.807) is 19.1 Å². The Kier molecular flexibility index (Phi) is 4.51. The number of carbonyl (C=O) groups excluding carboxylic acids is 2. The van der Waals surface area contributed by atoms with Crippen molar-refractivity contribution in [2.45, 2.75) is 18.9 Å². The highest BCUT2D eigenvalue weighted by molar-refractivity contribution is 7.91. The lowest BCUT2D eigenvalue weighted by Gasteiger charge is -2.23. The predicted octanol–water partition coefficient (Wildman–Crippen LogP) is 1.69. The number of esters is 1. The van der Waals surface area contributed by atoms with Crippen molar-refractivity contribution < 1.29 is 22.7 Å². The lowest BCUT2D eigenvalue weighted by Crippen LogP contribution is -2.48. The van der Waals surface area contributed by atoms with Crippen molar-refractivity contribution in [3.8, 4) is 0 Å². The molecule has 0 radical (unpaired) electrons. The molecule has 1 amide bonds. The number of fused-ring (bicyclic) bond motifs is 1. The monoisotopic (exact) mass is 361 g/mol.